The van der Waals surface area contributed by atoms with Crippen molar-refractivity contribution in [3.63, 3.8) is 0 Å². The third-order valence-corrected chi connectivity index (χ3v) is 2.38. The van der Waals surface area contributed by atoms with Crippen LogP contribution in [-0.2, 0) is 6.42 Å². The second-order valence-electron chi connectivity index (χ2n) is 3.81. The molecule has 0 spiro atoms. The van der Waals surface area contributed by atoms with Crippen LogP contribution in [0.15, 0.2) is 28.8 Å². The van der Waals surface area contributed by atoms with Gasteiger partial charge in [0.25, 0.3) is 5.89 Å². The fraction of sp³-hybridized carbons (Fsp3) is 0.333. The van der Waals surface area contributed by atoms with Gasteiger partial charge in [-0.15, -0.1) is 0 Å². The average molecular weight is 269 g/mol. The van der Waals surface area contributed by atoms with E-state index in [4.69, 9.17) is 10.3 Å². The van der Waals surface area contributed by atoms with Crippen LogP contribution in [0.25, 0.3) is 11.5 Å². The normalized spacial score (nSPS) is 10.9. The highest BCUT2D eigenvalue weighted by Gasteiger charge is 2.11. The van der Waals surface area contributed by atoms with E-state index in [1.54, 1.807) is 12.1 Å². The minimum Gasteiger partial charge on any atom is -0.435 e. The summed E-state index contributed by atoms with van der Waals surface area (Å²) in [4.78, 5) is 4.16. The van der Waals surface area contributed by atoms with Gasteiger partial charge in [0.2, 0.25) is 0 Å². The molecule has 2 aromatic rings. The lowest BCUT2D eigenvalue weighted by Gasteiger charge is -2.04. The van der Waals surface area contributed by atoms with E-state index in [-0.39, 0.29) is 11.6 Å². The number of alkyl halides is 2. The van der Waals surface area contributed by atoms with Crippen molar-refractivity contribution >= 4 is 0 Å². The monoisotopic (exact) mass is 269 g/mol. The van der Waals surface area contributed by atoms with Crippen LogP contribution in [0.1, 0.15) is 12.2 Å². The molecule has 0 aliphatic heterocycles. The maximum atomic E-state index is 12.1. The fourth-order valence-corrected chi connectivity index (χ4v) is 1.54. The van der Waals surface area contributed by atoms with Crippen molar-refractivity contribution in [2.24, 2.45) is 5.73 Å². The van der Waals surface area contributed by atoms with E-state index in [1.807, 2.05) is 0 Å². The van der Waals surface area contributed by atoms with Crippen molar-refractivity contribution in [1.29, 1.82) is 0 Å². The first kappa shape index (κ1) is 13.4. The van der Waals surface area contributed by atoms with Crippen LogP contribution in [0.2, 0.25) is 0 Å². The van der Waals surface area contributed by atoms with E-state index in [0.29, 0.717) is 24.4 Å². The molecule has 0 unspecified atom stereocenters. The van der Waals surface area contributed by atoms with Crippen LogP contribution < -0.4 is 10.5 Å². The quantitative estimate of drug-likeness (QED) is 0.870. The van der Waals surface area contributed by atoms with Gasteiger partial charge >= 0.3 is 6.61 Å². The lowest BCUT2D eigenvalue weighted by Crippen LogP contribution is -2.01. The molecular weight excluding hydrogens is 256 g/mol. The number of nitrogens with zero attached hydrogens (tertiary/aromatic N) is 2. The van der Waals surface area contributed by atoms with E-state index in [9.17, 15) is 8.78 Å². The van der Waals surface area contributed by atoms with Gasteiger partial charge in [0, 0.05) is 12.0 Å². The summed E-state index contributed by atoms with van der Waals surface area (Å²) in [6.45, 7) is -2.32. The number of ether oxygens (including phenoxy) is 1. The molecule has 0 aliphatic carbocycles. The van der Waals surface area contributed by atoms with Gasteiger partial charge in [0.1, 0.15) is 5.75 Å². The van der Waals surface area contributed by atoms with E-state index >= 15 is 0 Å². The van der Waals surface area contributed by atoms with E-state index in [0.717, 1.165) is 6.42 Å². The van der Waals surface area contributed by atoms with Crippen molar-refractivity contribution in [2.45, 2.75) is 19.5 Å². The summed E-state index contributed by atoms with van der Waals surface area (Å²) in [5, 5.41) is 3.79. The number of halogens is 2. The van der Waals surface area contributed by atoms with E-state index in [2.05, 4.69) is 14.9 Å². The van der Waals surface area contributed by atoms with Crippen LogP contribution in [-0.4, -0.2) is 23.3 Å². The zero-order valence-electron chi connectivity index (χ0n) is 10.1. The zero-order valence-corrected chi connectivity index (χ0v) is 10.1. The second-order valence-corrected chi connectivity index (χ2v) is 3.81. The molecule has 102 valence electrons. The first-order valence-electron chi connectivity index (χ1n) is 5.77. The maximum Gasteiger partial charge on any atom is 0.387 e. The molecule has 0 amide bonds. The summed E-state index contributed by atoms with van der Waals surface area (Å²) in [6.07, 6.45) is 1.38. The molecule has 0 saturated heterocycles. The highest BCUT2D eigenvalue weighted by Crippen LogP contribution is 2.23. The Morgan fingerprint density at radius 1 is 1.37 bits per heavy atom. The number of rotatable bonds is 6. The largest absolute Gasteiger partial charge is 0.435 e. The van der Waals surface area contributed by atoms with Crippen molar-refractivity contribution in [3.8, 4) is 17.2 Å². The Morgan fingerprint density at radius 3 is 2.95 bits per heavy atom. The van der Waals surface area contributed by atoms with Gasteiger partial charge in [0.05, 0.1) is 0 Å². The van der Waals surface area contributed by atoms with Gasteiger partial charge in [-0.25, -0.2) is 0 Å². The molecule has 0 radical (unpaired) electrons. The number of benzene rings is 1. The molecular formula is C12H13F2N3O2. The fourth-order valence-electron chi connectivity index (χ4n) is 1.54. The van der Waals surface area contributed by atoms with Crippen molar-refractivity contribution in [3.05, 3.63) is 30.1 Å². The Labute approximate surface area is 108 Å². The third kappa shape index (κ3) is 3.72. The van der Waals surface area contributed by atoms with E-state index < -0.39 is 6.61 Å². The zero-order chi connectivity index (χ0) is 13.7. The lowest BCUT2D eigenvalue weighted by molar-refractivity contribution is -0.0498. The summed E-state index contributed by atoms with van der Waals surface area (Å²) in [6, 6.07) is 6.11. The second kappa shape index (κ2) is 6.24. The third-order valence-electron chi connectivity index (χ3n) is 2.38. The summed E-state index contributed by atoms with van der Waals surface area (Å²) >= 11 is 0. The number of hydrogen-bond acceptors (Lipinski definition) is 5. The van der Waals surface area contributed by atoms with Crippen LogP contribution >= 0.6 is 0 Å². The minimum atomic E-state index is -2.86. The molecule has 2 N–H and O–H groups in total. The number of nitrogens with two attached hydrogens (primary N) is 1. The smallest absolute Gasteiger partial charge is 0.387 e. The Hall–Kier alpha value is -2.02. The van der Waals surface area contributed by atoms with Crippen molar-refractivity contribution in [2.75, 3.05) is 6.54 Å². The van der Waals surface area contributed by atoms with Gasteiger partial charge in [-0.1, -0.05) is 11.2 Å². The molecule has 0 saturated carbocycles. The molecule has 0 atom stereocenters. The summed E-state index contributed by atoms with van der Waals surface area (Å²) in [5.74, 6) is 0.863. The number of aromatic nitrogens is 2. The molecule has 19 heavy (non-hydrogen) atoms. The lowest BCUT2D eigenvalue weighted by atomic mass is 10.2. The predicted octanol–water partition coefficient (Wildman–Crippen LogP) is 2.23. The standard InChI is InChI=1S/C12H13F2N3O2/c13-12(14)18-9-4-1-3-8(7-9)11-16-10(17-19-11)5-2-6-15/h1,3-4,7,12H,2,5-6,15H2. The summed E-state index contributed by atoms with van der Waals surface area (Å²) in [5.41, 5.74) is 5.92. The first-order valence-corrected chi connectivity index (χ1v) is 5.77. The Balaban J connectivity index is 2.14. The maximum absolute atomic E-state index is 12.1. The van der Waals surface area contributed by atoms with E-state index in [1.165, 1.54) is 12.1 Å². The van der Waals surface area contributed by atoms with Gasteiger partial charge in [-0.05, 0) is 31.2 Å². The molecule has 0 aliphatic rings. The molecule has 0 bridgehead atoms. The SMILES string of the molecule is NCCCc1noc(-c2cccc(OC(F)F)c2)n1. The van der Waals surface area contributed by atoms with Gasteiger partial charge in [-0.3, -0.25) is 0 Å². The molecule has 2 rings (SSSR count). The van der Waals surface area contributed by atoms with Crippen molar-refractivity contribution in [1.82, 2.24) is 10.1 Å². The topological polar surface area (TPSA) is 74.2 Å². The Kier molecular flexibility index (Phi) is 4.40. The van der Waals surface area contributed by atoms with Gasteiger partial charge < -0.3 is 15.0 Å². The highest BCUT2D eigenvalue weighted by molar-refractivity contribution is 5.55. The van der Waals surface area contributed by atoms with Crippen LogP contribution in [0.5, 0.6) is 5.75 Å². The highest BCUT2D eigenvalue weighted by atomic mass is 19.3. The van der Waals surface area contributed by atoms with Crippen molar-refractivity contribution < 1.29 is 18.0 Å². The summed E-state index contributed by atoms with van der Waals surface area (Å²) < 4.78 is 33.6. The Morgan fingerprint density at radius 2 is 2.21 bits per heavy atom. The molecule has 1 heterocycles. The van der Waals surface area contributed by atoms with Crippen LogP contribution in [0, 0.1) is 0 Å². The molecule has 1 aromatic heterocycles. The van der Waals surface area contributed by atoms with Crippen LogP contribution in [0.3, 0.4) is 0 Å². The first-order chi connectivity index (χ1) is 9.19. The predicted molar refractivity (Wildman–Crippen MR) is 63.7 cm³/mol. The summed E-state index contributed by atoms with van der Waals surface area (Å²) in [7, 11) is 0. The minimum absolute atomic E-state index is 0.0502. The number of aryl methyl sites for hydroxylation is 1. The number of hydrogen-bond donors (Lipinski definition) is 1. The van der Waals surface area contributed by atoms with Gasteiger partial charge in [-0.2, -0.15) is 13.8 Å². The van der Waals surface area contributed by atoms with Crippen LogP contribution in [0.4, 0.5) is 8.78 Å². The molecule has 7 heteroatoms. The average Bonchev–Trinajstić information content (AvgIpc) is 2.84. The Bertz CT molecular complexity index is 531. The molecule has 1 aromatic carbocycles. The van der Waals surface area contributed by atoms with Gasteiger partial charge in [0.15, 0.2) is 5.82 Å². The molecule has 5 nitrogen and oxygen atoms in total. The molecule has 0 fully saturated rings.